The molecule has 2 aliphatic heterocycles. The zero-order chi connectivity index (χ0) is 18.4. The van der Waals surface area contributed by atoms with Gasteiger partial charge in [0.1, 0.15) is 5.75 Å². The van der Waals surface area contributed by atoms with E-state index in [0.717, 1.165) is 24.3 Å². The van der Waals surface area contributed by atoms with E-state index >= 15 is 0 Å². The summed E-state index contributed by atoms with van der Waals surface area (Å²) >= 11 is 1.48. The fourth-order valence-corrected chi connectivity index (χ4v) is 4.96. The molecule has 0 aromatic heterocycles. The first kappa shape index (κ1) is 16.6. The Kier molecular flexibility index (Phi) is 4.01. The van der Waals surface area contributed by atoms with Gasteiger partial charge in [0.25, 0.3) is 5.91 Å². The maximum absolute atomic E-state index is 11.7. The number of benzene rings is 2. The molecule has 136 valence electrons. The molecule has 0 radical (unpaired) electrons. The third-order valence-electron chi connectivity index (χ3n) is 5.41. The van der Waals surface area contributed by atoms with Crippen LogP contribution in [0.5, 0.6) is 5.75 Å². The number of aliphatic imine (C=N–C) groups is 1. The smallest absolute Gasteiger partial charge is 0.258 e. The van der Waals surface area contributed by atoms with E-state index in [-0.39, 0.29) is 17.9 Å². The highest BCUT2D eigenvalue weighted by atomic mass is 32.2. The summed E-state index contributed by atoms with van der Waals surface area (Å²) < 4.78 is 5.39. The van der Waals surface area contributed by atoms with E-state index in [9.17, 15) is 4.79 Å². The van der Waals surface area contributed by atoms with Crippen molar-refractivity contribution in [3.63, 3.8) is 0 Å². The largest absolute Gasteiger partial charge is 0.497 e. The highest BCUT2D eigenvalue weighted by molar-refractivity contribution is 8.14. The van der Waals surface area contributed by atoms with Crippen molar-refractivity contribution in [2.75, 3.05) is 12.9 Å². The first-order valence-electron chi connectivity index (χ1n) is 9.09. The number of methoxy groups -OCH3 is 1. The minimum absolute atomic E-state index is 0.0774. The van der Waals surface area contributed by atoms with E-state index in [1.807, 2.05) is 17.1 Å². The number of ether oxygens (including phenoxy) is 1. The van der Waals surface area contributed by atoms with Gasteiger partial charge in [0.15, 0.2) is 5.17 Å². The lowest BCUT2D eigenvalue weighted by Crippen LogP contribution is -2.30. The van der Waals surface area contributed by atoms with Crippen LogP contribution in [0.3, 0.4) is 0 Å². The lowest BCUT2D eigenvalue weighted by Gasteiger charge is -2.30. The van der Waals surface area contributed by atoms with Crippen molar-refractivity contribution in [3.05, 3.63) is 65.2 Å². The van der Waals surface area contributed by atoms with Gasteiger partial charge in [-0.05, 0) is 42.2 Å². The number of thioether (sulfide) groups is 1. The van der Waals surface area contributed by atoms with Gasteiger partial charge >= 0.3 is 0 Å². The molecular formula is C21H19N3O2S. The molecule has 0 bridgehead atoms. The fraction of sp³-hybridized carbons (Fsp3) is 0.286. The average molecular weight is 377 g/mol. The number of nitrogens with zero attached hydrogens (tertiary/aromatic N) is 3. The van der Waals surface area contributed by atoms with Crippen molar-refractivity contribution in [3.8, 4) is 5.75 Å². The van der Waals surface area contributed by atoms with Crippen molar-refractivity contribution in [2.45, 2.75) is 18.9 Å². The zero-order valence-electron chi connectivity index (χ0n) is 15.0. The molecule has 0 saturated heterocycles. The molecule has 5 nitrogen and oxygen atoms in total. The van der Waals surface area contributed by atoms with Gasteiger partial charge in [0, 0.05) is 11.5 Å². The molecule has 6 heteroatoms. The standard InChI is InChI=1S/C21H19N3O2S/c1-26-15-8-10-16-14(11-15)7-9-17-19(16)23-24(21-22-18(25)12-27-21)20(17)13-5-3-2-4-6-13/h2-6,8,10-11,17,20H,7,9,12H2,1H3/t17-,20-/m1/s1. The van der Waals surface area contributed by atoms with Crippen molar-refractivity contribution in [1.82, 2.24) is 5.01 Å². The fourth-order valence-electron chi connectivity index (χ4n) is 4.19. The van der Waals surface area contributed by atoms with Gasteiger partial charge in [-0.1, -0.05) is 42.1 Å². The Labute approximate surface area is 162 Å². The summed E-state index contributed by atoms with van der Waals surface area (Å²) in [5.74, 6) is 1.48. The van der Waals surface area contributed by atoms with E-state index < -0.39 is 0 Å². The molecule has 1 aliphatic carbocycles. The van der Waals surface area contributed by atoms with Crippen LogP contribution in [0.1, 0.15) is 29.2 Å². The molecule has 0 N–H and O–H groups in total. The zero-order valence-corrected chi connectivity index (χ0v) is 15.8. The second-order valence-corrected chi connectivity index (χ2v) is 7.87. The molecule has 5 rings (SSSR count). The Hall–Kier alpha value is -2.60. The first-order chi connectivity index (χ1) is 13.2. The summed E-state index contributed by atoms with van der Waals surface area (Å²) in [6.07, 6.45) is 2.01. The Morgan fingerprint density at radius 1 is 1.19 bits per heavy atom. The van der Waals surface area contributed by atoms with E-state index in [0.29, 0.717) is 10.9 Å². The van der Waals surface area contributed by atoms with Crippen LogP contribution in [0.4, 0.5) is 0 Å². The summed E-state index contributed by atoms with van der Waals surface area (Å²) in [7, 11) is 1.69. The van der Waals surface area contributed by atoms with Crippen LogP contribution < -0.4 is 4.74 Å². The molecule has 0 spiro atoms. The summed E-state index contributed by atoms with van der Waals surface area (Å²) in [6, 6.07) is 16.7. The Morgan fingerprint density at radius 3 is 2.78 bits per heavy atom. The topological polar surface area (TPSA) is 54.3 Å². The lowest BCUT2D eigenvalue weighted by molar-refractivity contribution is -0.115. The Morgan fingerprint density at radius 2 is 2.04 bits per heavy atom. The molecule has 2 aromatic carbocycles. The van der Waals surface area contributed by atoms with Gasteiger partial charge in [0.05, 0.1) is 24.6 Å². The van der Waals surface area contributed by atoms with Gasteiger partial charge in [-0.2, -0.15) is 10.1 Å². The van der Waals surface area contributed by atoms with E-state index in [4.69, 9.17) is 9.84 Å². The number of amidine groups is 1. The summed E-state index contributed by atoms with van der Waals surface area (Å²) in [5.41, 5.74) is 4.76. The second kappa shape index (κ2) is 6.53. The monoisotopic (exact) mass is 377 g/mol. The predicted molar refractivity (Wildman–Crippen MR) is 107 cm³/mol. The van der Waals surface area contributed by atoms with Crippen molar-refractivity contribution >= 4 is 28.5 Å². The molecule has 0 unspecified atom stereocenters. The van der Waals surface area contributed by atoms with Crippen LogP contribution in [0, 0.1) is 5.92 Å². The van der Waals surface area contributed by atoms with E-state index in [2.05, 4.69) is 41.4 Å². The number of hydrogen-bond acceptors (Lipinski definition) is 5. The lowest BCUT2D eigenvalue weighted by atomic mass is 9.77. The maximum atomic E-state index is 11.7. The number of fused-ring (bicyclic) bond motifs is 3. The second-order valence-electron chi connectivity index (χ2n) is 6.93. The predicted octanol–water partition coefficient (Wildman–Crippen LogP) is 3.65. The third kappa shape index (κ3) is 2.75. The van der Waals surface area contributed by atoms with Crippen LogP contribution in [0.2, 0.25) is 0 Å². The highest BCUT2D eigenvalue weighted by Gasteiger charge is 2.44. The number of hydrogen-bond donors (Lipinski definition) is 0. The van der Waals surface area contributed by atoms with E-state index in [1.165, 1.54) is 28.5 Å². The number of carbonyl (C=O) groups is 1. The SMILES string of the molecule is COc1ccc2c(c1)CC[C@@H]1C2=NN(C2=NC(=O)CS2)[C@@H]1c1ccccc1. The Bertz CT molecular complexity index is 971. The van der Waals surface area contributed by atoms with Gasteiger partial charge < -0.3 is 4.74 Å². The van der Waals surface area contributed by atoms with Crippen molar-refractivity contribution < 1.29 is 9.53 Å². The molecule has 3 aliphatic rings. The van der Waals surface area contributed by atoms with Crippen LogP contribution >= 0.6 is 11.8 Å². The number of aryl methyl sites for hydroxylation is 1. The van der Waals surface area contributed by atoms with Gasteiger partial charge in [0.2, 0.25) is 0 Å². The summed E-state index contributed by atoms with van der Waals surface area (Å²) in [5, 5.41) is 7.68. The van der Waals surface area contributed by atoms with Crippen LogP contribution in [0.25, 0.3) is 0 Å². The number of hydrazone groups is 1. The van der Waals surface area contributed by atoms with Gasteiger partial charge in [-0.25, -0.2) is 5.01 Å². The molecule has 2 heterocycles. The molecule has 2 aromatic rings. The summed E-state index contributed by atoms with van der Waals surface area (Å²) in [4.78, 5) is 16.0. The molecule has 0 fully saturated rings. The number of rotatable bonds is 2. The third-order valence-corrected chi connectivity index (χ3v) is 6.33. The first-order valence-corrected chi connectivity index (χ1v) is 10.1. The maximum Gasteiger partial charge on any atom is 0.258 e. The average Bonchev–Trinajstić information content (AvgIpc) is 3.31. The molecular weight excluding hydrogens is 358 g/mol. The van der Waals surface area contributed by atoms with Crippen molar-refractivity contribution in [1.29, 1.82) is 0 Å². The van der Waals surface area contributed by atoms with Crippen molar-refractivity contribution in [2.24, 2.45) is 16.0 Å². The normalized spacial score (nSPS) is 23.6. The van der Waals surface area contributed by atoms with Crippen LogP contribution in [-0.2, 0) is 11.2 Å². The van der Waals surface area contributed by atoms with E-state index in [1.54, 1.807) is 7.11 Å². The highest BCUT2D eigenvalue weighted by Crippen LogP contribution is 2.45. The molecule has 1 amide bonds. The minimum atomic E-state index is -0.0815. The summed E-state index contributed by atoms with van der Waals surface area (Å²) in [6.45, 7) is 0. The molecule has 0 saturated carbocycles. The molecule has 2 atom stereocenters. The van der Waals surface area contributed by atoms with Crippen LogP contribution in [-0.4, -0.2) is 34.7 Å². The van der Waals surface area contributed by atoms with Gasteiger partial charge in [-0.3, -0.25) is 4.79 Å². The Balaban J connectivity index is 1.61. The molecule has 27 heavy (non-hydrogen) atoms. The van der Waals surface area contributed by atoms with Gasteiger partial charge in [-0.15, -0.1) is 0 Å². The number of amides is 1. The minimum Gasteiger partial charge on any atom is -0.497 e. The quantitative estimate of drug-likeness (QED) is 0.802. The number of carbonyl (C=O) groups excluding carboxylic acids is 1. The van der Waals surface area contributed by atoms with Crippen LogP contribution in [0.15, 0.2) is 58.6 Å².